The van der Waals surface area contributed by atoms with Gasteiger partial charge in [-0.15, -0.1) is 0 Å². The lowest BCUT2D eigenvalue weighted by Gasteiger charge is -2.15. The third-order valence-electron chi connectivity index (χ3n) is 3.29. The minimum Gasteiger partial charge on any atom is -0.497 e. The van der Waals surface area contributed by atoms with Crippen molar-refractivity contribution < 1.29 is 4.74 Å². The van der Waals surface area contributed by atoms with E-state index < -0.39 is 0 Å². The van der Waals surface area contributed by atoms with Gasteiger partial charge in [-0.3, -0.25) is 0 Å². The maximum absolute atomic E-state index is 6.04. The van der Waals surface area contributed by atoms with Crippen molar-refractivity contribution in [1.29, 1.82) is 0 Å². The number of hydrogen-bond donors (Lipinski definition) is 0. The predicted octanol–water partition coefficient (Wildman–Crippen LogP) is 5.14. The molecule has 0 heterocycles. The van der Waals surface area contributed by atoms with E-state index in [1.807, 2.05) is 30.3 Å². The van der Waals surface area contributed by atoms with Crippen molar-refractivity contribution in [3.05, 3.63) is 64.7 Å². The summed E-state index contributed by atoms with van der Waals surface area (Å²) < 4.78 is 5.27. The van der Waals surface area contributed by atoms with Crippen molar-refractivity contribution in [2.75, 3.05) is 12.4 Å². The minimum atomic E-state index is 0.542. The van der Waals surface area contributed by atoms with Crippen LogP contribution in [0.25, 0.3) is 0 Å². The highest BCUT2D eigenvalue weighted by atomic mass is 79.9. The molecule has 106 valence electrons. The van der Waals surface area contributed by atoms with Crippen molar-refractivity contribution in [3.8, 4) is 5.75 Å². The minimum absolute atomic E-state index is 0.542. The SMILES string of the molecule is COc1cccc(CC(CBr)Cc2cccc(Cl)c2)c1. The van der Waals surface area contributed by atoms with Crippen LogP contribution in [0.2, 0.25) is 5.02 Å². The summed E-state index contributed by atoms with van der Waals surface area (Å²) in [5, 5.41) is 1.77. The summed E-state index contributed by atoms with van der Waals surface area (Å²) in [4.78, 5) is 0. The van der Waals surface area contributed by atoms with E-state index in [9.17, 15) is 0 Å². The van der Waals surface area contributed by atoms with Crippen LogP contribution in [0.5, 0.6) is 5.75 Å². The fourth-order valence-corrected chi connectivity index (χ4v) is 2.98. The summed E-state index contributed by atoms with van der Waals surface area (Å²) in [6, 6.07) is 16.4. The van der Waals surface area contributed by atoms with Gasteiger partial charge in [-0.05, 0) is 54.2 Å². The Labute approximate surface area is 134 Å². The molecule has 2 aromatic rings. The molecule has 0 aliphatic heterocycles. The first-order chi connectivity index (χ1) is 9.71. The Hall–Kier alpha value is -0.990. The quantitative estimate of drug-likeness (QED) is 0.653. The zero-order chi connectivity index (χ0) is 14.4. The molecule has 1 unspecified atom stereocenters. The first-order valence-electron chi connectivity index (χ1n) is 6.64. The maximum atomic E-state index is 6.04. The average molecular weight is 354 g/mol. The van der Waals surface area contributed by atoms with Crippen molar-refractivity contribution >= 4 is 27.5 Å². The van der Waals surface area contributed by atoms with Crippen LogP contribution in [0, 0.1) is 5.92 Å². The van der Waals surface area contributed by atoms with E-state index in [2.05, 4.69) is 34.1 Å². The summed E-state index contributed by atoms with van der Waals surface area (Å²) in [7, 11) is 1.70. The molecule has 0 saturated carbocycles. The zero-order valence-electron chi connectivity index (χ0n) is 11.5. The molecule has 0 aliphatic rings. The van der Waals surface area contributed by atoms with Gasteiger partial charge < -0.3 is 4.74 Å². The predicted molar refractivity (Wildman–Crippen MR) is 89.1 cm³/mol. The van der Waals surface area contributed by atoms with Crippen molar-refractivity contribution in [3.63, 3.8) is 0 Å². The van der Waals surface area contributed by atoms with Gasteiger partial charge in [0.1, 0.15) is 5.75 Å². The standard InChI is InChI=1S/C17H18BrClO/c1-20-17-7-3-5-14(11-17)9-15(12-18)8-13-4-2-6-16(19)10-13/h2-7,10-11,15H,8-9,12H2,1H3. The summed E-state index contributed by atoms with van der Waals surface area (Å²) in [5.74, 6) is 1.46. The Morgan fingerprint density at radius 1 is 1.05 bits per heavy atom. The van der Waals surface area contributed by atoms with Crippen molar-refractivity contribution in [1.82, 2.24) is 0 Å². The molecular weight excluding hydrogens is 336 g/mol. The highest BCUT2D eigenvalue weighted by Crippen LogP contribution is 2.21. The largest absolute Gasteiger partial charge is 0.497 e. The van der Waals surface area contributed by atoms with E-state index in [0.717, 1.165) is 28.9 Å². The Bertz CT molecular complexity index is 556. The van der Waals surface area contributed by atoms with E-state index in [4.69, 9.17) is 16.3 Å². The first-order valence-corrected chi connectivity index (χ1v) is 8.14. The van der Waals surface area contributed by atoms with Crippen LogP contribution < -0.4 is 4.74 Å². The van der Waals surface area contributed by atoms with Crippen molar-refractivity contribution in [2.24, 2.45) is 5.92 Å². The fourth-order valence-electron chi connectivity index (χ4n) is 2.31. The normalized spacial score (nSPS) is 12.2. The van der Waals surface area contributed by atoms with E-state index in [1.165, 1.54) is 11.1 Å². The Morgan fingerprint density at radius 3 is 2.30 bits per heavy atom. The zero-order valence-corrected chi connectivity index (χ0v) is 13.8. The van der Waals surface area contributed by atoms with Crippen LogP contribution >= 0.6 is 27.5 Å². The number of hydrogen-bond acceptors (Lipinski definition) is 1. The summed E-state index contributed by atoms with van der Waals surface area (Å²) in [5.41, 5.74) is 2.58. The lowest BCUT2D eigenvalue weighted by Crippen LogP contribution is -2.10. The van der Waals surface area contributed by atoms with Gasteiger partial charge in [-0.1, -0.05) is 51.8 Å². The highest BCUT2D eigenvalue weighted by Gasteiger charge is 2.10. The molecule has 0 aromatic heterocycles. The summed E-state index contributed by atoms with van der Waals surface area (Å²) in [6.07, 6.45) is 2.04. The van der Waals surface area contributed by atoms with E-state index in [-0.39, 0.29) is 0 Å². The van der Waals surface area contributed by atoms with Gasteiger partial charge in [0.05, 0.1) is 7.11 Å². The van der Waals surface area contributed by atoms with Crippen LogP contribution in [0.1, 0.15) is 11.1 Å². The molecule has 0 N–H and O–H groups in total. The lowest BCUT2D eigenvalue weighted by molar-refractivity contribution is 0.414. The highest BCUT2D eigenvalue weighted by molar-refractivity contribution is 9.09. The smallest absolute Gasteiger partial charge is 0.119 e. The van der Waals surface area contributed by atoms with Crippen LogP contribution in [-0.4, -0.2) is 12.4 Å². The van der Waals surface area contributed by atoms with Gasteiger partial charge in [-0.2, -0.15) is 0 Å². The molecule has 0 aliphatic carbocycles. The Morgan fingerprint density at radius 2 is 1.70 bits per heavy atom. The third kappa shape index (κ3) is 4.53. The van der Waals surface area contributed by atoms with Gasteiger partial charge in [0.2, 0.25) is 0 Å². The molecular formula is C17H18BrClO. The van der Waals surface area contributed by atoms with Crippen molar-refractivity contribution in [2.45, 2.75) is 12.8 Å². The number of rotatable bonds is 6. The second-order valence-corrected chi connectivity index (χ2v) is 5.99. The van der Waals surface area contributed by atoms with Crippen LogP contribution in [0.3, 0.4) is 0 Å². The third-order valence-corrected chi connectivity index (χ3v) is 4.44. The van der Waals surface area contributed by atoms with Gasteiger partial charge >= 0.3 is 0 Å². The summed E-state index contributed by atoms with van der Waals surface area (Å²) >= 11 is 9.66. The summed E-state index contributed by atoms with van der Waals surface area (Å²) in [6.45, 7) is 0. The molecule has 3 heteroatoms. The number of methoxy groups -OCH3 is 1. The molecule has 1 atom stereocenters. The van der Waals surface area contributed by atoms with Gasteiger partial charge in [0.25, 0.3) is 0 Å². The van der Waals surface area contributed by atoms with Gasteiger partial charge in [0, 0.05) is 10.4 Å². The molecule has 0 radical (unpaired) electrons. The molecule has 0 spiro atoms. The van der Waals surface area contributed by atoms with Crippen LogP contribution in [0.4, 0.5) is 0 Å². The lowest BCUT2D eigenvalue weighted by atomic mass is 9.94. The Kier molecular flexibility index (Phi) is 5.93. The second kappa shape index (κ2) is 7.70. The van der Waals surface area contributed by atoms with E-state index in [1.54, 1.807) is 7.11 Å². The second-order valence-electron chi connectivity index (χ2n) is 4.91. The van der Waals surface area contributed by atoms with Crippen LogP contribution in [-0.2, 0) is 12.8 Å². The molecule has 0 amide bonds. The molecule has 0 saturated heterocycles. The topological polar surface area (TPSA) is 9.23 Å². The number of alkyl halides is 1. The monoisotopic (exact) mass is 352 g/mol. The fraction of sp³-hybridized carbons (Fsp3) is 0.294. The molecule has 2 rings (SSSR count). The molecule has 0 bridgehead atoms. The van der Waals surface area contributed by atoms with Crippen LogP contribution in [0.15, 0.2) is 48.5 Å². The number of benzene rings is 2. The van der Waals surface area contributed by atoms with E-state index in [0.29, 0.717) is 5.92 Å². The maximum Gasteiger partial charge on any atom is 0.119 e. The number of ether oxygens (including phenoxy) is 1. The molecule has 0 fully saturated rings. The average Bonchev–Trinajstić information content (AvgIpc) is 2.47. The number of halogens is 2. The molecule has 1 nitrogen and oxygen atoms in total. The molecule has 2 aromatic carbocycles. The van der Waals surface area contributed by atoms with Gasteiger partial charge in [-0.25, -0.2) is 0 Å². The Balaban J connectivity index is 2.05. The van der Waals surface area contributed by atoms with E-state index >= 15 is 0 Å². The first kappa shape index (κ1) is 15.4. The van der Waals surface area contributed by atoms with Gasteiger partial charge in [0.15, 0.2) is 0 Å². The molecule has 20 heavy (non-hydrogen) atoms.